The molecule has 29 heavy (non-hydrogen) atoms. The van der Waals surface area contributed by atoms with Crippen molar-refractivity contribution in [2.24, 2.45) is 0 Å². The minimum absolute atomic E-state index is 0.228. The summed E-state index contributed by atoms with van der Waals surface area (Å²) in [5, 5.41) is 12.1. The SMILES string of the molecule is Cc1[nH]c2ccccc2c1CCNC(=O)c1cn(C(C)c2cccc(F)c2)nn1. The Morgan fingerprint density at radius 3 is 2.90 bits per heavy atom. The van der Waals surface area contributed by atoms with Crippen LogP contribution in [0.3, 0.4) is 0 Å². The van der Waals surface area contributed by atoms with Gasteiger partial charge in [-0.3, -0.25) is 4.79 Å². The monoisotopic (exact) mass is 391 g/mol. The van der Waals surface area contributed by atoms with Crippen LogP contribution in [0.15, 0.2) is 54.7 Å². The molecule has 0 saturated heterocycles. The molecule has 1 unspecified atom stereocenters. The van der Waals surface area contributed by atoms with Gasteiger partial charge in [-0.2, -0.15) is 0 Å². The quantitative estimate of drug-likeness (QED) is 0.525. The van der Waals surface area contributed by atoms with Gasteiger partial charge in [0.1, 0.15) is 5.82 Å². The maximum absolute atomic E-state index is 13.4. The number of fused-ring (bicyclic) bond motifs is 1. The third-order valence-corrected chi connectivity index (χ3v) is 5.16. The smallest absolute Gasteiger partial charge is 0.273 e. The molecule has 0 aliphatic carbocycles. The normalized spacial score (nSPS) is 12.2. The van der Waals surface area contributed by atoms with Gasteiger partial charge in [-0.05, 0) is 49.6 Å². The fourth-order valence-electron chi connectivity index (χ4n) is 3.54. The van der Waals surface area contributed by atoms with Gasteiger partial charge < -0.3 is 10.3 Å². The van der Waals surface area contributed by atoms with Gasteiger partial charge in [0.25, 0.3) is 5.91 Å². The molecule has 2 heterocycles. The number of hydrogen-bond donors (Lipinski definition) is 2. The Kier molecular flexibility index (Phi) is 5.12. The van der Waals surface area contributed by atoms with Gasteiger partial charge in [-0.25, -0.2) is 9.07 Å². The zero-order valence-corrected chi connectivity index (χ0v) is 16.3. The molecule has 0 aliphatic rings. The van der Waals surface area contributed by atoms with Gasteiger partial charge in [0.05, 0.1) is 12.2 Å². The molecule has 6 nitrogen and oxygen atoms in total. The highest BCUT2D eigenvalue weighted by Crippen LogP contribution is 2.22. The van der Waals surface area contributed by atoms with Crippen LogP contribution in [0.25, 0.3) is 10.9 Å². The molecule has 7 heteroatoms. The van der Waals surface area contributed by atoms with Crippen molar-refractivity contribution in [1.82, 2.24) is 25.3 Å². The predicted molar refractivity (Wildman–Crippen MR) is 109 cm³/mol. The molecule has 1 atom stereocenters. The lowest BCUT2D eigenvalue weighted by Gasteiger charge is -2.11. The second-order valence-electron chi connectivity index (χ2n) is 7.09. The Hall–Kier alpha value is -3.48. The number of benzene rings is 2. The minimum atomic E-state index is -0.306. The van der Waals surface area contributed by atoms with Crippen LogP contribution in [0, 0.1) is 12.7 Å². The molecule has 148 valence electrons. The Balaban J connectivity index is 1.40. The highest BCUT2D eigenvalue weighted by molar-refractivity contribution is 5.92. The van der Waals surface area contributed by atoms with Crippen LogP contribution >= 0.6 is 0 Å². The second-order valence-corrected chi connectivity index (χ2v) is 7.09. The molecule has 0 bridgehead atoms. The number of rotatable bonds is 6. The number of para-hydroxylation sites is 1. The zero-order valence-electron chi connectivity index (χ0n) is 16.3. The van der Waals surface area contributed by atoms with E-state index in [4.69, 9.17) is 0 Å². The summed E-state index contributed by atoms with van der Waals surface area (Å²) in [6.07, 6.45) is 2.30. The maximum atomic E-state index is 13.4. The summed E-state index contributed by atoms with van der Waals surface area (Å²) < 4.78 is 15.0. The third-order valence-electron chi connectivity index (χ3n) is 5.16. The molecule has 2 aromatic carbocycles. The Labute approximate surface area is 167 Å². The molecule has 0 fully saturated rings. The first-order chi connectivity index (χ1) is 14.0. The standard InChI is InChI=1S/C22H22FN5O/c1-14-18(19-8-3-4-9-20(19)25-14)10-11-24-22(29)21-13-28(27-26-21)15(2)16-6-5-7-17(23)12-16/h3-9,12-13,15,25H,10-11H2,1-2H3,(H,24,29). The van der Waals surface area contributed by atoms with Crippen molar-refractivity contribution in [3.8, 4) is 0 Å². The van der Waals surface area contributed by atoms with E-state index < -0.39 is 0 Å². The number of aromatic amines is 1. The van der Waals surface area contributed by atoms with Crippen molar-refractivity contribution >= 4 is 16.8 Å². The van der Waals surface area contributed by atoms with E-state index in [0.717, 1.165) is 23.2 Å². The number of halogens is 1. The Morgan fingerprint density at radius 2 is 2.07 bits per heavy atom. The summed E-state index contributed by atoms with van der Waals surface area (Å²) in [4.78, 5) is 15.8. The topological polar surface area (TPSA) is 75.6 Å². The number of carbonyl (C=O) groups excluding carboxylic acids is 1. The average molecular weight is 391 g/mol. The number of carbonyl (C=O) groups is 1. The lowest BCUT2D eigenvalue weighted by molar-refractivity contribution is 0.0949. The van der Waals surface area contributed by atoms with Gasteiger partial charge in [-0.1, -0.05) is 35.5 Å². The van der Waals surface area contributed by atoms with Crippen LogP contribution in [0.1, 0.15) is 40.3 Å². The number of hydrogen-bond acceptors (Lipinski definition) is 3. The van der Waals surface area contributed by atoms with E-state index in [1.165, 1.54) is 23.1 Å². The highest BCUT2D eigenvalue weighted by Gasteiger charge is 2.15. The molecule has 0 radical (unpaired) electrons. The lowest BCUT2D eigenvalue weighted by Crippen LogP contribution is -2.26. The summed E-state index contributed by atoms with van der Waals surface area (Å²) in [5.41, 5.74) is 4.40. The number of nitrogens with one attached hydrogen (secondary N) is 2. The predicted octanol–water partition coefficient (Wildman–Crippen LogP) is 3.79. The molecule has 2 aromatic heterocycles. The number of aromatic nitrogens is 4. The maximum Gasteiger partial charge on any atom is 0.273 e. The van der Waals surface area contributed by atoms with Crippen molar-refractivity contribution in [3.63, 3.8) is 0 Å². The summed E-state index contributed by atoms with van der Waals surface area (Å²) in [7, 11) is 0. The van der Waals surface area contributed by atoms with Crippen LogP contribution in [0.2, 0.25) is 0 Å². The van der Waals surface area contributed by atoms with Crippen LogP contribution < -0.4 is 5.32 Å². The third kappa shape index (κ3) is 3.89. The molecule has 1 amide bonds. The van der Waals surface area contributed by atoms with Gasteiger partial charge in [0.2, 0.25) is 0 Å². The summed E-state index contributed by atoms with van der Waals surface area (Å²) in [6.45, 7) is 4.41. The summed E-state index contributed by atoms with van der Waals surface area (Å²) in [6, 6.07) is 14.2. The molecule has 0 aliphatic heterocycles. The second kappa shape index (κ2) is 7.87. The first-order valence-corrected chi connectivity index (χ1v) is 9.54. The molecule has 2 N–H and O–H groups in total. The van der Waals surface area contributed by atoms with E-state index in [1.807, 2.05) is 38.1 Å². The van der Waals surface area contributed by atoms with Crippen molar-refractivity contribution in [2.45, 2.75) is 26.3 Å². The van der Waals surface area contributed by atoms with Gasteiger partial charge in [0.15, 0.2) is 5.69 Å². The first kappa shape index (κ1) is 18.9. The minimum Gasteiger partial charge on any atom is -0.358 e. The molecule has 4 rings (SSSR count). The Bertz CT molecular complexity index is 1160. The fourth-order valence-corrected chi connectivity index (χ4v) is 3.54. The van der Waals surface area contributed by atoms with E-state index in [2.05, 4.69) is 26.7 Å². The van der Waals surface area contributed by atoms with Gasteiger partial charge in [-0.15, -0.1) is 5.10 Å². The van der Waals surface area contributed by atoms with Crippen molar-refractivity contribution in [2.75, 3.05) is 6.54 Å². The van der Waals surface area contributed by atoms with Gasteiger partial charge >= 0.3 is 0 Å². The van der Waals surface area contributed by atoms with Crippen molar-refractivity contribution in [1.29, 1.82) is 0 Å². The average Bonchev–Trinajstić information content (AvgIpc) is 3.32. The first-order valence-electron chi connectivity index (χ1n) is 9.54. The molecule has 0 spiro atoms. The molecule has 4 aromatic rings. The molecule has 0 saturated carbocycles. The highest BCUT2D eigenvalue weighted by atomic mass is 19.1. The number of aryl methyl sites for hydroxylation is 1. The van der Waals surface area contributed by atoms with E-state index in [9.17, 15) is 9.18 Å². The number of amides is 1. The van der Waals surface area contributed by atoms with E-state index in [-0.39, 0.29) is 23.5 Å². The van der Waals surface area contributed by atoms with Crippen LogP contribution in [0.4, 0.5) is 4.39 Å². The number of nitrogens with zero attached hydrogens (tertiary/aromatic N) is 3. The summed E-state index contributed by atoms with van der Waals surface area (Å²) in [5.74, 6) is -0.583. The van der Waals surface area contributed by atoms with E-state index in [1.54, 1.807) is 16.9 Å². The lowest BCUT2D eigenvalue weighted by atomic mass is 10.1. The van der Waals surface area contributed by atoms with Crippen molar-refractivity contribution in [3.05, 3.63) is 83.1 Å². The van der Waals surface area contributed by atoms with Crippen molar-refractivity contribution < 1.29 is 9.18 Å². The zero-order chi connectivity index (χ0) is 20.4. The summed E-state index contributed by atoms with van der Waals surface area (Å²) >= 11 is 0. The van der Waals surface area contributed by atoms with Crippen LogP contribution in [-0.4, -0.2) is 32.4 Å². The van der Waals surface area contributed by atoms with Crippen LogP contribution in [0.5, 0.6) is 0 Å². The van der Waals surface area contributed by atoms with Gasteiger partial charge in [0, 0.05) is 23.1 Å². The largest absolute Gasteiger partial charge is 0.358 e. The number of H-pyrrole nitrogens is 1. The molecular formula is C22H22FN5O. The van der Waals surface area contributed by atoms with E-state index >= 15 is 0 Å². The molecular weight excluding hydrogens is 369 g/mol. The Morgan fingerprint density at radius 1 is 1.24 bits per heavy atom. The van der Waals surface area contributed by atoms with Crippen LogP contribution in [-0.2, 0) is 6.42 Å². The fraction of sp³-hybridized carbons (Fsp3) is 0.227. The van der Waals surface area contributed by atoms with E-state index in [0.29, 0.717) is 6.54 Å².